The number of amides is 2. The number of Topliss-reactive ketones (excluding diaryl/α,β-unsaturated/α-hetero) is 2. The summed E-state index contributed by atoms with van der Waals surface area (Å²) in [5.41, 5.74) is 0. The minimum atomic E-state index is -0.315. The summed E-state index contributed by atoms with van der Waals surface area (Å²) < 4.78 is 0. The molecule has 0 unspecified atom stereocenters. The SMILES string of the molecule is C.C.CC.CC.CCC.CCC.CCC.CCC.CCC(=O)[C@H](CCCNC(=O)CC(=O)NCCC[C@@H](C(=O)CC)N(C)CC)N(C)CC.[2HH].[2HH]. The molecule has 0 rings (SSSR count). The van der Waals surface area contributed by atoms with Gasteiger partial charge in [-0.3, -0.25) is 29.0 Å². The molecule has 49 heavy (non-hydrogen) atoms. The van der Waals surface area contributed by atoms with E-state index in [0.717, 1.165) is 13.1 Å². The van der Waals surface area contributed by atoms with Crippen LogP contribution in [0, 0.1) is 0 Å². The van der Waals surface area contributed by atoms with Crippen molar-refractivity contribution in [1.29, 1.82) is 0 Å². The highest BCUT2D eigenvalue weighted by Gasteiger charge is 2.21. The normalized spacial score (nSPS) is 10.0. The van der Waals surface area contributed by atoms with Crippen LogP contribution in [0.5, 0.6) is 0 Å². The van der Waals surface area contributed by atoms with Gasteiger partial charge in [-0.1, -0.05) is 151 Å². The third-order valence-electron chi connectivity index (χ3n) is 5.78. The highest BCUT2D eigenvalue weighted by atomic mass is 16.2. The molecule has 0 heterocycles. The van der Waals surface area contributed by atoms with Crippen molar-refractivity contribution in [3.8, 4) is 0 Å². The largest absolute Gasteiger partial charge is 0.356 e. The molecule has 0 spiro atoms. The molecule has 0 aliphatic rings. The van der Waals surface area contributed by atoms with Gasteiger partial charge in [-0.15, -0.1) is 0 Å². The van der Waals surface area contributed by atoms with Crippen LogP contribution in [-0.4, -0.2) is 85.5 Å². The van der Waals surface area contributed by atoms with Gasteiger partial charge in [0, 0.05) is 28.8 Å². The highest BCUT2D eigenvalue weighted by Crippen LogP contribution is 2.09. The zero-order valence-electron chi connectivity index (χ0n) is 35.3. The van der Waals surface area contributed by atoms with Crippen LogP contribution in [0.4, 0.5) is 0 Å². The second-order valence-electron chi connectivity index (χ2n) is 10.8. The number of likely N-dealkylation sites (N-methyl/N-ethyl adjacent to an activating group) is 2. The Balaban J connectivity index is -0.0000000759. The Kier molecular flexibility index (Phi) is 86.5. The minimum absolute atomic E-state index is 0. The molecule has 308 valence electrons. The van der Waals surface area contributed by atoms with Gasteiger partial charge < -0.3 is 10.6 Å². The monoisotopic (exact) mass is 715 g/mol. The second-order valence-corrected chi connectivity index (χ2v) is 10.8. The molecule has 0 bridgehead atoms. The van der Waals surface area contributed by atoms with E-state index in [1.54, 1.807) is 0 Å². The van der Waals surface area contributed by atoms with E-state index < -0.39 is 0 Å². The second kappa shape index (κ2) is 61.4. The molecule has 0 radical (unpaired) electrons. The van der Waals surface area contributed by atoms with Gasteiger partial charge in [0.2, 0.25) is 11.8 Å². The first-order chi connectivity index (χ1) is 22.4. The Morgan fingerprint density at radius 1 is 0.510 bits per heavy atom. The van der Waals surface area contributed by atoms with E-state index in [1.807, 2.05) is 79.3 Å². The van der Waals surface area contributed by atoms with Gasteiger partial charge in [0.1, 0.15) is 18.0 Å². The molecule has 0 aliphatic heterocycles. The van der Waals surface area contributed by atoms with Crippen LogP contribution in [-0.2, 0) is 19.2 Å². The molecule has 2 amide bonds. The third kappa shape index (κ3) is 55.9. The number of ketones is 2. The van der Waals surface area contributed by atoms with Gasteiger partial charge >= 0.3 is 0 Å². The fraction of sp³-hybridized carbons (Fsp3) is 0.902. The third-order valence-corrected chi connectivity index (χ3v) is 5.78. The van der Waals surface area contributed by atoms with Crippen molar-refractivity contribution >= 4 is 23.4 Å². The minimum Gasteiger partial charge on any atom is -0.356 e. The molecular weight excluding hydrogens is 612 g/mol. The van der Waals surface area contributed by atoms with Gasteiger partial charge in [0.25, 0.3) is 0 Å². The van der Waals surface area contributed by atoms with Gasteiger partial charge in [-0.05, 0) is 52.9 Å². The average Bonchev–Trinajstić information content (AvgIpc) is 3.06. The van der Waals surface area contributed by atoms with Crippen molar-refractivity contribution in [3.63, 3.8) is 0 Å². The Bertz CT molecular complexity index is 587. The molecule has 8 nitrogen and oxygen atoms in total. The lowest BCUT2D eigenvalue weighted by Crippen LogP contribution is -2.39. The Hall–Kier alpha value is -1.80. The molecule has 0 aliphatic carbocycles. The molecule has 0 saturated carbocycles. The Morgan fingerprint density at radius 3 is 0.918 bits per heavy atom. The Labute approximate surface area is 314 Å². The molecular formula is C41H100N4O4. The number of hydrogen-bond acceptors (Lipinski definition) is 6. The predicted octanol–water partition coefficient (Wildman–Crippen LogP) is 11.2. The molecule has 8 heteroatoms. The van der Waals surface area contributed by atoms with E-state index in [1.165, 1.54) is 25.7 Å². The molecule has 2 atom stereocenters. The van der Waals surface area contributed by atoms with E-state index in [-0.39, 0.29) is 59.6 Å². The first-order valence-corrected chi connectivity index (χ1v) is 19.4. The summed E-state index contributed by atoms with van der Waals surface area (Å²) in [6, 6.07) is -0.240. The fourth-order valence-corrected chi connectivity index (χ4v) is 3.48. The summed E-state index contributed by atoms with van der Waals surface area (Å²) in [5.74, 6) is -0.208. The van der Waals surface area contributed by atoms with Gasteiger partial charge in [-0.25, -0.2) is 0 Å². The van der Waals surface area contributed by atoms with Crippen molar-refractivity contribution in [3.05, 3.63) is 0 Å². The van der Waals surface area contributed by atoms with Crippen LogP contribution >= 0.6 is 0 Å². The highest BCUT2D eigenvalue weighted by molar-refractivity contribution is 5.96. The molecule has 0 saturated heterocycles. The standard InChI is InChI=1S/C23H44N4O4.4C3H8.2C2H6.2CH4.2H2/c1-7-20(28)18(26(5)9-3)13-11-15-24-22(30)17-23(31)25-16-12-14-19(21(29)8-2)27(6)10-4;4*1-3-2;2*1-2;;;;/h18-19H,7-17H2,1-6H3,(H,24,30)(H,25,31);4*3H2,1-2H3;2*1-2H3;2*1H4;2*1H/t18-,19-;;;;;;;;;;/m0........../s1/i;;;;;;;;;2*1+1. The number of rotatable bonds is 18. The maximum atomic E-state index is 12.1. The van der Waals surface area contributed by atoms with E-state index in [4.69, 9.17) is 0 Å². The number of nitrogens with zero attached hydrogens (tertiary/aromatic N) is 2. The van der Waals surface area contributed by atoms with E-state index >= 15 is 0 Å². The maximum absolute atomic E-state index is 12.1. The van der Waals surface area contributed by atoms with Crippen LogP contribution in [0.15, 0.2) is 0 Å². The van der Waals surface area contributed by atoms with Gasteiger partial charge in [0.15, 0.2) is 0 Å². The molecule has 0 aromatic heterocycles. The summed E-state index contributed by atoms with van der Waals surface area (Å²) in [6.45, 7) is 35.2. The zero-order chi connectivity index (χ0) is 38.6. The van der Waals surface area contributed by atoms with Crippen molar-refractivity contribution < 1.29 is 22.0 Å². The summed E-state index contributed by atoms with van der Waals surface area (Å²) in [4.78, 5) is 52.1. The predicted molar refractivity (Wildman–Crippen MR) is 228 cm³/mol. The first-order valence-electron chi connectivity index (χ1n) is 19.4. The Morgan fingerprint density at radius 2 is 0.735 bits per heavy atom. The average molecular weight is 715 g/mol. The lowest BCUT2D eigenvalue weighted by Gasteiger charge is -2.25. The summed E-state index contributed by atoms with van der Waals surface area (Å²) in [6.07, 6.45) is 8.55. The van der Waals surface area contributed by atoms with Crippen LogP contribution in [0.2, 0.25) is 0 Å². The number of nitrogens with one attached hydrogen (secondary N) is 2. The first kappa shape index (κ1) is 69.0. The van der Waals surface area contributed by atoms with Gasteiger partial charge in [0.05, 0.1) is 12.1 Å². The lowest BCUT2D eigenvalue weighted by molar-refractivity contribution is -0.129. The van der Waals surface area contributed by atoms with Crippen molar-refractivity contribution in [2.45, 2.75) is 208 Å². The van der Waals surface area contributed by atoms with Crippen LogP contribution in [0.3, 0.4) is 0 Å². The maximum Gasteiger partial charge on any atom is 0.229 e. The number of hydrogen-bond donors (Lipinski definition) is 2. The molecule has 0 aromatic rings. The smallest absolute Gasteiger partial charge is 0.229 e. The summed E-state index contributed by atoms with van der Waals surface area (Å²) in [5, 5.41) is 5.51. The van der Waals surface area contributed by atoms with E-state index in [2.05, 4.69) is 66.0 Å². The molecule has 2 N–H and O–H groups in total. The summed E-state index contributed by atoms with van der Waals surface area (Å²) >= 11 is 0. The molecule has 0 aromatic carbocycles. The van der Waals surface area contributed by atoms with Crippen LogP contribution < -0.4 is 10.6 Å². The lowest BCUT2D eigenvalue weighted by atomic mass is 10.0. The van der Waals surface area contributed by atoms with Crippen LogP contribution in [0.1, 0.15) is 199 Å². The zero-order valence-corrected chi connectivity index (χ0v) is 35.3. The van der Waals surface area contributed by atoms with Crippen molar-refractivity contribution in [1.82, 2.24) is 20.4 Å². The van der Waals surface area contributed by atoms with E-state index in [9.17, 15) is 19.2 Å². The van der Waals surface area contributed by atoms with Crippen LogP contribution in [0.25, 0.3) is 0 Å². The fourth-order valence-electron chi connectivity index (χ4n) is 3.48. The van der Waals surface area contributed by atoms with Crippen molar-refractivity contribution in [2.24, 2.45) is 0 Å². The summed E-state index contributed by atoms with van der Waals surface area (Å²) in [7, 11) is 3.86. The number of carbonyl (C=O) groups excluding carboxylic acids is 4. The van der Waals surface area contributed by atoms with Crippen molar-refractivity contribution in [2.75, 3.05) is 40.3 Å². The molecule has 0 fully saturated rings. The topological polar surface area (TPSA) is 98.8 Å². The van der Waals surface area contributed by atoms with E-state index in [0.29, 0.717) is 51.6 Å². The van der Waals surface area contributed by atoms with Gasteiger partial charge in [-0.2, -0.15) is 0 Å². The quantitative estimate of drug-likeness (QED) is 0.108. The number of carbonyl (C=O) groups is 4.